The third kappa shape index (κ3) is 6.04. The molecule has 1 aliphatic heterocycles. The van der Waals surface area contributed by atoms with E-state index in [0.29, 0.717) is 22.6 Å². The maximum absolute atomic E-state index is 11.7. The zero-order valence-electron chi connectivity index (χ0n) is 16.8. The third-order valence-electron chi connectivity index (χ3n) is 4.22. The van der Waals surface area contributed by atoms with E-state index in [1.807, 2.05) is 0 Å². The maximum atomic E-state index is 11.7. The zero-order valence-corrected chi connectivity index (χ0v) is 17.6. The molecule has 32 heavy (non-hydrogen) atoms. The minimum Gasteiger partial charge on any atom is -0.496 e. The summed E-state index contributed by atoms with van der Waals surface area (Å²) in [5, 5.41) is 29.5. The minimum atomic E-state index is -1.07. The van der Waals surface area contributed by atoms with Gasteiger partial charge in [-0.1, -0.05) is 17.8 Å². The first-order chi connectivity index (χ1) is 15.4. The average molecular weight is 458 g/mol. The number of hydrogen-bond acceptors (Lipinski definition) is 9. The summed E-state index contributed by atoms with van der Waals surface area (Å²) < 4.78 is 11.0. The van der Waals surface area contributed by atoms with Crippen LogP contribution in [0.2, 0.25) is 0 Å². The Balaban J connectivity index is 1.68. The molecule has 11 nitrogen and oxygen atoms in total. The number of nitrogens with zero attached hydrogens (tertiary/aromatic N) is 3. The number of carboxylic acid groups (broad SMARTS) is 1. The number of amides is 1. The second-order valence-corrected chi connectivity index (χ2v) is 7.65. The average Bonchev–Trinajstić information content (AvgIpc) is 3.10. The van der Waals surface area contributed by atoms with Crippen LogP contribution in [0.25, 0.3) is 0 Å². The Kier molecular flexibility index (Phi) is 7.39. The van der Waals surface area contributed by atoms with Gasteiger partial charge in [0, 0.05) is 11.6 Å². The zero-order chi connectivity index (χ0) is 23.1. The van der Waals surface area contributed by atoms with Crippen molar-refractivity contribution in [3.05, 3.63) is 63.7 Å². The van der Waals surface area contributed by atoms with E-state index in [1.54, 1.807) is 24.3 Å². The number of nitro benzene ring substituents is 1. The van der Waals surface area contributed by atoms with E-state index >= 15 is 0 Å². The summed E-state index contributed by atoms with van der Waals surface area (Å²) in [6.07, 6.45) is 1.16. The number of rotatable bonds is 9. The van der Waals surface area contributed by atoms with Crippen molar-refractivity contribution in [1.29, 1.82) is 0 Å². The number of carboxylic acids is 1. The Morgan fingerprint density at radius 3 is 2.88 bits per heavy atom. The van der Waals surface area contributed by atoms with Crippen LogP contribution in [0, 0.1) is 10.1 Å². The highest BCUT2D eigenvalue weighted by Gasteiger charge is 2.32. The van der Waals surface area contributed by atoms with E-state index in [-0.39, 0.29) is 23.9 Å². The summed E-state index contributed by atoms with van der Waals surface area (Å²) in [6, 6.07) is 11.1. The van der Waals surface area contributed by atoms with Crippen molar-refractivity contribution < 1.29 is 29.1 Å². The summed E-state index contributed by atoms with van der Waals surface area (Å²) in [4.78, 5) is 32.9. The predicted molar refractivity (Wildman–Crippen MR) is 117 cm³/mol. The second kappa shape index (κ2) is 10.4. The molecule has 1 heterocycles. The molecule has 0 aliphatic carbocycles. The molecule has 12 heteroatoms. The van der Waals surface area contributed by atoms with Gasteiger partial charge in [-0.15, -0.1) is 5.10 Å². The number of amidine groups is 1. The molecule has 0 bridgehead atoms. The fourth-order valence-electron chi connectivity index (χ4n) is 2.73. The van der Waals surface area contributed by atoms with Crippen molar-refractivity contribution in [2.75, 3.05) is 7.11 Å². The lowest BCUT2D eigenvalue weighted by Gasteiger charge is -2.11. The fraction of sp³-hybridized carbons (Fsp3) is 0.200. The van der Waals surface area contributed by atoms with Crippen molar-refractivity contribution in [1.82, 2.24) is 5.32 Å². The molecular weight excluding hydrogens is 440 g/mol. The number of aliphatic carboxylic acids is 1. The number of carbonyl (C=O) groups excluding carboxylic acids is 1. The molecular formula is C20H18N4O7S. The van der Waals surface area contributed by atoms with Gasteiger partial charge in [-0.25, -0.2) is 0 Å². The van der Waals surface area contributed by atoms with Crippen LogP contribution in [0.1, 0.15) is 17.5 Å². The molecule has 1 amide bonds. The van der Waals surface area contributed by atoms with Gasteiger partial charge in [0.15, 0.2) is 5.17 Å². The van der Waals surface area contributed by atoms with Gasteiger partial charge in [-0.05, 0) is 29.8 Å². The van der Waals surface area contributed by atoms with Gasteiger partial charge < -0.3 is 19.9 Å². The Hall–Kier alpha value is -3.93. The SMILES string of the molecule is COc1ccc(C=NN=C2NC(=O)C(CC(=O)O)S2)cc1COc1cccc([N+](=O)[O-])c1. The van der Waals surface area contributed by atoms with E-state index in [4.69, 9.17) is 14.6 Å². The number of ether oxygens (including phenoxy) is 2. The topological polar surface area (TPSA) is 153 Å². The Labute approximate surface area is 186 Å². The first kappa shape index (κ1) is 22.7. The molecule has 1 aliphatic rings. The van der Waals surface area contributed by atoms with Crippen molar-refractivity contribution >= 4 is 40.7 Å². The second-order valence-electron chi connectivity index (χ2n) is 6.46. The van der Waals surface area contributed by atoms with Crippen LogP contribution in [-0.4, -0.2) is 45.6 Å². The lowest BCUT2D eigenvalue weighted by molar-refractivity contribution is -0.384. The number of benzene rings is 2. The Morgan fingerprint density at radius 2 is 2.16 bits per heavy atom. The number of non-ortho nitro benzene ring substituents is 1. The standard InChI is InChI=1S/C20H18N4O7S/c1-30-16-6-5-12(10-21-23-20-22-19(27)17(32-20)9-18(25)26)7-13(16)11-31-15-4-2-3-14(8-15)24(28)29/h2-8,10,17H,9,11H2,1H3,(H,25,26)(H,22,23,27). The van der Waals surface area contributed by atoms with Gasteiger partial charge in [-0.3, -0.25) is 19.7 Å². The number of nitro groups is 1. The van der Waals surface area contributed by atoms with Crippen molar-refractivity contribution in [2.45, 2.75) is 18.3 Å². The summed E-state index contributed by atoms with van der Waals surface area (Å²) in [5.74, 6) is -0.581. The van der Waals surface area contributed by atoms with Crippen molar-refractivity contribution in [3.63, 3.8) is 0 Å². The van der Waals surface area contributed by atoms with Crippen LogP contribution in [0.5, 0.6) is 11.5 Å². The molecule has 0 saturated carbocycles. The molecule has 1 unspecified atom stereocenters. The summed E-state index contributed by atoms with van der Waals surface area (Å²) in [7, 11) is 1.51. The number of nitrogens with one attached hydrogen (secondary N) is 1. The van der Waals surface area contributed by atoms with Gasteiger partial charge in [0.2, 0.25) is 5.91 Å². The molecule has 1 fully saturated rings. The monoisotopic (exact) mass is 458 g/mol. The molecule has 0 aromatic heterocycles. The molecule has 2 aromatic carbocycles. The molecule has 0 spiro atoms. The first-order valence-electron chi connectivity index (χ1n) is 9.20. The van der Waals surface area contributed by atoms with Gasteiger partial charge in [0.1, 0.15) is 23.4 Å². The third-order valence-corrected chi connectivity index (χ3v) is 5.29. The van der Waals surface area contributed by atoms with E-state index in [2.05, 4.69) is 15.5 Å². The van der Waals surface area contributed by atoms with Crippen molar-refractivity contribution in [3.8, 4) is 11.5 Å². The van der Waals surface area contributed by atoms with Crippen LogP contribution in [-0.2, 0) is 16.2 Å². The quantitative estimate of drug-likeness (QED) is 0.330. The molecule has 2 aromatic rings. The lowest BCUT2D eigenvalue weighted by Crippen LogP contribution is -2.26. The Morgan fingerprint density at radius 1 is 1.34 bits per heavy atom. The molecule has 2 N–H and O–H groups in total. The van der Waals surface area contributed by atoms with Crippen molar-refractivity contribution in [2.24, 2.45) is 10.2 Å². The summed E-state index contributed by atoms with van der Waals surface area (Å²) in [5.41, 5.74) is 1.28. The molecule has 1 atom stereocenters. The smallest absolute Gasteiger partial charge is 0.305 e. The number of carbonyl (C=O) groups is 2. The van der Waals surface area contributed by atoms with E-state index < -0.39 is 22.0 Å². The number of methoxy groups -OCH3 is 1. The highest BCUT2D eigenvalue weighted by Crippen LogP contribution is 2.25. The highest BCUT2D eigenvalue weighted by atomic mass is 32.2. The van der Waals surface area contributed by atoms with E-state index in [0.717, 1.165) is 11.8 Å². The molecule has 3 rings (SSSR count). The van der Waals surface area contributed by atoms with Crippen LogP contribution in [0.15, 0.2) is 52.7 Å². The predicted octanol–water partition coefficient (Wildman–Crippen LogP) is 2.58. The van der Waals surface area contributed by atoms with Gasteiger partial charge in [0.25, 0.3) is 5.69 Å². The van der Waals surface area contributed by atoms with Crippen LogP contribution in [0.3, 0.4) is 0 Å². The summed E-state index contributed by atoms with van der Waals surface area (Å²) >= 11 is 1.01. The number of thioether (sulfide) groups is 1. The summed E-state index contributed by atoms with van der Waals surface area (Å²) in [6.45, 7) is 0.101. The normalized spacial score (nSPS) is 16.8. The van der Waals surface area contributed by atoms with Crippen LogP contribution in [0.4, 0.5) is 5.69 Å². The minimum absolute atomic E-state index is 0.0723. The van der Waals surface area contributed by atoms with Crippen LogP contribution >= 0.6 is 11.8 Å². The van der Waals surface area contributed by atoms with Gasteiger partial charge in [0.05, 0.1) is 30.7 Å². The molecule has 166 valence electrons. The molecule has 1 saturated heterocycles. The molecule has 0 radical (unpaired) electrons. The van der Waals surface area contributed by atoms with Gasteiger partial charge in [-0.2, -0.15) is 5.10 Å². The lowest BCUT2D eigenvalue weighted by atomic mass is 10.1. The maximum Gasteiger partial charge on any atom is 0.305 e. The van der Waals surface area contributed by atoms with E-state index in [1.165, 1.54) is 31.5 Å². The number of hydrogen-bond donors (Lipinski definition) is 2. The first-order valence-corrected chi connectivity index (χ1v) is 10.1. The van der Waals surface area contributed by atoms with Crippen LogP contribution < -0.4 is 14.8 Å². The largest absolute Gasteiger partial charge is 0.496 e. The Bertz CT molecular complexity index is 1100. The van der Waals surface area contributed by atoms with Gasteiger partial charge >= 0.3 is 5.97 Å². The van der Waals surface area contributed by atoms with E-state index in [9.17, 15) is 19.7 Å². The fourth-order valence-corrected chi connectivity index (χ4v) is 3.65. The highest BCUT2D eigenvalue weighted by molar-refractivity contribution is 8.15.